The average molecular weight is 307 g/mol. The van der Waals surface area contributed by atoms with Crippen LogP contribution in [0.25, 0.3) is 0 Å². The van der Waals surface area contributed by atoms with Crippen LogP contribution in [0.2, 0.25) is 0 Å². The molecule has 0 amide bonds. The molecule has 7 nitrogen and oxygen atoms in total. The first-order valence-corrected chi connectivity index (χ1v) is 7.21. The fourth-order valence-corrected chi connectivity index (χ4v) is 3.25. The van der Waals surface area contributed by atoms with E-state index >= 15 is 0 Å². The molecule has 0 saturated heterocycles. The first-order chi connectivity index (χ1) is 9.63. The third-order valence-electron chi connectivity index (χ3n) is 2.22. The lowest BCUT2D eigenvalue weighted by atomic mass is 10.2. The summed E-state index contributed by atoms with van der Waals surface area (Å²) in [7, 11) is 0. The summed E-state index contributed by atoms with van der Waals surface area (Å²) in [6.07, 6.45) is 0. The van der Waals surface area contributed by atoms with Gasteiger partial charge in [0.05, 0.1) is 21.5 Å². The van der Waals surface area contributed by atoms with Crippen molar-refractivity contribution in [2.75, 3.05) is 11.9 Å². The zero-order valence-electron chi connectivity index (χ0n) is 10.4. The van der Waals surface area contributed by atoms with Crippen molar-refractivity contribution in [3.63, 3.8) is 0 Å². The number of hydrogen-bond donors (Lipinski definition) is 1. The van der Waals surface area contributed by atoms with Gasteiger partial charge in [-0.3, -0.25) is 10.1 Å². The number of nitro benzene ring substituents is 1. The van der Waals surface area contributed by atoms with Gasteiger partial charge in [0.2, 0.25) is 5.13 Å². The molecular weight excluding hydrogens is 298 g/mol. The van der Waals surface area contributed by atoms with E-state index in [-0.39, 0.29) is 11.3 Å². The number of rotatable bonds is 5. The summed E-state index contributed by atoms with van der Waals surface area (Å²) < 4.78 is 0.605. The van der Waals surface area contributed by atoms with E-state index in [0.717, 1.165) is 18.3 Å². The Morgan fingerprint density at radius 2 is 2.35 bits per heavy atom. The van der Waals surface area contributed by atoms with Crippen LogP contribution in [0.1, 0.15) is 12.5 Å². The van der Waals surface area contributed by atoms with Gasteiger partial charge < -0.3 is 5.32 Å². The Hall–Kier alpha value is -2.18. The summed E-state index contributed by atoms with van der Waals surface area (Å²) >= 11 is 2.49. The van der Waals surface area contributed by atoms with Crippen molar-refractivity contribution >= 4 is 33.9 Å². The molecule has 0 bridgehead atoms. The Balaban J connectivity index is 2.28. The van der Waals surface area contributed by atoms with Crippen LogP contribution in [0.3, 0.4) is 0 Å². The van der Waals surface area contributed by atoms with Crippen molar-refractivity contribution in [3.05, 3.63) is 33.9 Å². The van der Waals surface area contributed by atoms with E-state index in [4.69, 9.17) is 5.26 Å². The molecule has 0 aliphatic heterocycles. The molecule has 2 rings (SSSR count). The molecule has 1 aromatic heterocycles. The van der Waals surface area contributed by atoms with Crippen LogP contribution in [0.15, 0.2) is 27.4 Å². The summed E-state index contributed by atoms with van der Waals surface area (Å²) in [5, 5.41) is 31.4. The minimum absolute atomic E-state index is 0.103. The SMILES string of the molecule is CCNc1nnc(Sc2ccc(C#N)cc2[N+](=O)[O-])s1. The number of hydrogen-bond acceptors (Lipinski definition) is 8. The van der Waals surface area contributed by atoms with Crippen LogP contribution in [0.4, 0.5) is 10.8 Å². The van der Waals surface area contributed by atoms with Crippen LogP contribution in [0.5, 0.6) is 0 Å². The summed E-state index contributed by atoms with van der Waals surface area (Å²) in [4.78, 5) is 11.0. The predicted molar refractivity (Wildman–Crippen MR) is 76.0 cm³/mol. The number of aromatic nitrogens is 2. The molecular formula is C11H9N5O2S2. The third-order valence-corrected chi connectivity index (χ3v) is 4.21. The van der Waals surface area contributed by atoms with Crippen LogP contribution >= 0.6 is 23.1 Å². The lowest BCUT2D eigenvalue weighted by Gasteiger charge is -2.00. The molecule has 9 heteroatoms. The second-order valence-electron chi connectivity index (χ2n) is 3.56. The molecule has 1 N–H and O–H groups in total. The summed E-state index contributed by atoms with van der Waals surface area (Å²) in [6.45, 7) is 2.68. The molecule has 0 aliphatic rings. The Bertz CT molecular complexity index is 680. The summed E-state index contributed by atoms with van der Waals surface area (Å²) in [5.74, 6) is 0. The Labute approximate surface area is 122 Å². The maximum absolute atomic E-state index is 11.0. The van der Waals surface area contributed by atoms with E-state index < -0.39 is 4.92 Å². The Morgan fingerprint density at radius 1 is 1.55 bits per heavy atom. The molecule has 2 aromatic rings. The van der Waals surface area contributed by atoms with E-state index in [2.05, 4.69) is 15.5 Å². The minimum atomic E-state index is -0.505. The van der Waals surface area contributed by atoms with E-state index in [1.165, 1.54) is 17.4 Å². The fraction of sp³-hybridized carbons (Fsp3) is 0.182. The molecule has 0 radical (unpaired) electrons. The van der Waals surface area contributed by atoms with Crippen LogP contribution in [-0.2, 0) is 0 Å². The smallest absolute Gasteiger partial charge is 0.284 e. The molecule has 0 fully saturated rings. The highest BCUT2D eigenvalue weighted by Gasteiger charge is 2.17. The Kier molecular flexibility index (Phi) is 4.49. The monoisotopic (exact) mass is 307 g/mol. The van der Waals surface area contributed by atoms with Crippen molar-refractivity contribution in [3.8, 4) is 6.07 Å². The summed E-state index contributed by atoms with van der Waals surface area (Å²) in [6, 6.07) is 6.24. The molecule has 0 unspecified atom stereocenters. The first kappa shape index (κ1) is 14.2. The van der Waals surface area contributed by atoms with Crippen molar-refractivity contribution < 1.29 is 4.92 Å². The average Bonchev–Trinajstić information content (AvgIpc) is 2.87. The van der Waals surface area contributed by atoms with Gasteiger partial charge in [0.25, 0.3) is 5.69 Å². The van der Waals surface area contributed by atoms with Gasteiger partial charge in [-0.15, -0.1) is 10.2 Å². The van der Waals surface area contributed by atoms with Crippen molar-refractivity contribution in [1.29, 1.82) is 5.26 Å². The second-order valence-corrected chi connectivity index (χ2v) is 5.82. The lowest BCUT2D eigenvalue weighted by Crippen LogP contribution is -1.94. The highest BCUT2D eigenvalue weighted by Crippen LogP contribution is 2.37. The van der Waals surface area contributed by atoms with Crippen molar-refractivity contribution in [2.45, 2.75) is 16.2 Å². The maximum Gasteiger partial charge on any atom is 0.284 e. The van der Waals surface area contributed by atoms with Crippen LogP contribution in [-0.4, -0.2) is 21.7 Å². The zero-order valence-corrected chi connectivity index (χ0v) is 12.0. The predicted octanol–water partition coefficient (Wildman–Crippen LogP) is 2.90. The molecule has 20 heavy (non-hydrogen) atoms. The molecule has 0 aliphatic carbocycles. The van der Waals surface area contributed by atoms with E-state index in [1.807, 2.05) is 13.0 Å². The molecule has 1 heterocycles. The molecule has 102 valence electrons. The van der Waals surface area contributed by atoms with E-state index in [9.17, 15) is 10.1 Å². The molecule has 0 atom stereocenters. The Morgan fingerprint density at radius 3 is 3.00 bits per heavy atom. The van der Waals surface area contributed by atoms with Crippen LogP contribution < -0.4 is 5.32 Å². The number of nitriles is 1. The van der Waals surface area contributed by atoms with E-state index in [0.29, 0.717) is 14.4 Å². The molecule has 0 saturated carbocycles. The van der Waals surface area contributed by atoms with E-state index in [1.54, 1.807) is 12.1 Å². The molecule has 0 spiro atoms. The van der Waals surface area contributed by atoms with Crippen molar-refractivity contribution in [2.24, 2.45) is 0 Å². The van der Waals surface area contributed by atoms with Gasteiger partial charge in [-0.2, -0.15) is 5.26 Å². The third kappa shape index (κ3) is 3.23. The highest BCUT2D eigenvalue weighted by atomic mass is 32.2. The van der Waals surface area contributed by atoms with Gasteiger partial charge in [0.15, 0.2) is 4.34 Å². The molecule has 1 aromatic carbocycles. The van der Waals surface area contributed by atoms with Gasteiger partial charge in [-0.05, 0) is 30.8 Å². The summed E-state index contributed by atoms with van der Waals surface area (Å²) in [5.41, 5.74) is 0.154. The first-order valence-electron chi connectivity index (χ1n) is 5.57. The normalized spacial score (nSPS) is 10.0. The quantitative estimate of drug-likeness (QED) is 0.668. The standard InChI is InChI=1S/C11H9N5O2S2/c1-2-13-10-14-15-11(20-10)19-9-4-3-7(6-12)5-8(9)16(17)18/h3-5H,2H2,1H3,(H,13,14). The highest BCUT2D eigenvalue weighted by molar-refractivity contribution is 8.01. The number of nitro groups is 1. The number of nitrogens with zero attached hydrogens (tertiary/aromatic N) is 4. The van der Waals surface area contributed by atoms with Crippen LogP contribution in [0, 0.1) is 21.4 Å². The number of benzene rings is 1. The topological polar surface area (TPSA) is 105 Å². The van der Waals surface area contributed by atoms with Gasteiger partial charge in [0, 0.05) is 12.6 Å². The second kappa shape index (κ2) is 6.31. The maximum atomic E-state index is 11.0. The fourth-order valence-electron chi connectivity index (χ4n) is 1.38. The van der Waals surface area contributed by atoms with Gasteiger partial charge in [-0.1, -0.05) is 11.3 Å². The van der Waals surface area contributed by atoms with Crippen molar-refractivity contribution in [1.82, 2.24) is 10.2 Å². The van der Waals surface area contributed by atoms with Gasteiger partial charge in [0.1, 0.15) is 0 Å². The lowest BCUT2D eigenvalue weighted by molar-refractivity contribution is -0.387. The number of nitrogens with one attached hydrogen (secondary N) is 1. The van der Waals surface area contributed by atoms with Gasteiger partial charge >= 0.3 is 0 Å². The minimum Gasteiger partial charge on any atom is -0.360 e. The largest absolute Gasteiger partial charge is 0.360 e. The number of anilines is 1. The van der Waals surface area contributed by atoms with Gasteiger partial charge in [-0.25, -0.2) is 0 Å². The zero-order chi connectivity index (χ0) is 14.5.